The number of benzene rings is 1. The highest BCUT2D eigenvalue weighted by Crippen LogP contribution is 2.21. The van der Waals surface area contributed by atoms with Crippen LogP contribution < -0.4 is 14.8 Å². The average Bonchev–Trinajstić information content (AvgIpc) is 3.14. The van der Waals surface area contributed by atoms with E-state index in [1.807, 2.05) is 29.2 Å². The van der Waals surface area contributed by atoms with E-state index in [1.54, 1.807) is 7.11 Å². The highest BCUT2D eigenvalue weighted by Gasteiger charge is 2.27. The number of urea groups is 1. The first kappa shape index (κ1) is 18.8. The van der Waals surface area contributed by atoms with Gasteiger partial charge in [0.1, 0.15) is 11.5 Å². The minimum Gasteiger partial charge on any atom is -0.497 e. The zero-order chi connectivity index (χ0) is 18.4. The Hall–Kier alpha value is -1.95. The van der Waals surface area contributed by atoms with E-state index in [9.17, 15) is 4.79 Å². The van der Waals surface area contributed by atoms with Crippen molar-refractivity contribution < 1.29 is 14.3 Å². The SMILES string of the molecule is CCN1CCC(NC(=O)N2CCC(COc3ccc(OC)cc3)CC2)C1. The molecule has 0 aromatic heterocycles. The molecule has 0 radical (unpaired) electrons. The third kappa shape index (κ3) is 5.04. The molecular weight excluding hydrogens is 330 g/mol. The van der Waals surface area contributed by atoms with E-state index in [0.29, 0.717) is 18.6 Å². The lowest BCUT2D eigenvalue weighted by molar-refractivity contribution is 0.143. The molecule has 1 aromatic rings. The van der Waals surface area contributed by atoms with Crippen molar-refractivity contribution in [3.63, 3.8) is 0 Å². The van der Waals surface area contributed by atoms with Gasteiger partial charge in [-0.15, -0.1) is 0 Å². The molecule has 144 valence electrons. The molecule has 1 N–H and O–H groups in total. The van der Waals surface area contributed by atoms with E-state index in [1.165, 1.54) is 0 Å². The van der Waals surface area contributed by atoms with Crippen LogP contribution in [0.3, 0.4) is 0 Å². The molecule has 6 heteroatoms. The number of likely N-dealkylation sites (N-methyl/N-ethyl adjacent to an activating group) is 1. The molecule has 2 aliphatic rings. The Bertz CT molecular complexity index is 570. The fraction of sp³-hybridized carbons (Fsp3) is 0.650. The quantitative estimate of drug-likeness (QED) is 0.846. The van der Waals surface area contributed by atoms with E-state index in [4.69, 9.17) is 9.47 Å². The molecule has 1 unspecified atom stereocenters. The molecule has 2 heterocycles. The van der Waals surface area contributed by atoms with Crippen LogP contribution in [0.1, 0.15) is 26.2 Å². The Labute approximate surface area is 156 Å². The summed E-state index contributed by atoms with van der Waals surface area (Å²) >= 11 is 0. The van der Waals surface area contributed by atoms with Crippen molar-refractivity contribution in [3.05, 3.63) is 24.3 Å². The number of rotatable bonds is 6. The van der Waals surface area contributed by atoms with Gasteiger partial charge >= 0.3 is 6.03 Å². The van der Waals surface area contributed by atoms with Gasteiger partial charge in [-0.2, -0.15) is 0 Å². The van der Waals surface area contributed by atoms with Gasteiger partial charge in [0.25, 0.3) is 0 Å². The van der Waals surface area contributed by atoms with Gasteiger partial charge in [0.05, 0.1) is 13.7 Å². The Kier molecular flexibility index (Phi) is 6.61. The molecule has 2 amide bonds. The van der Waals surface area contributed by atoms with Crippen LogP contribution >= 0.6 is 0 Å². The van der Waals surface area contributed by atoms with Crippen LogP contribution in [0.25, 0.3) is 0 Å². The minimum absolute atomic E-state index is 0.0995. The number of likely N-dealkylation sites (tertiary alicyclic amines) is 2. The standard InChI is InChI=1S/C20H31N3O3/c1-3-22-11-10-17(14-22)21-20(24)23-12-8-16(9-13-23)15-26-19-6-4-18(25-2)5-7-19/h4-7,16-17H,3,8-15H2,1-2H3,(H,21,24). The van der Waals surface area contributed by atoms with Crippen molar-refractivity contribution in [3.8, 4) is 11.5 Å². The van der Waals surface area contributed by atoms with Gasteiger partial charge in [-0.3, -0.25) is 0 Å². The van der Waals surface area contributed by atoms with Crippen LogP contribution in [-0.4, -0.2) is 68.3 Å². The number of ether oxygens (including phenoxy) is 2. The predicted octanol–water partition coefficient (Wildman–Crippen LogP) is 2.59. The van der Waals surface area contributed by atoms with Gasteiger partial charge in [0.15, 0.2) is 0 Å². The molecule has 0 saturated carbocycles. The third-order valence-corrected chi connectivity index (χ3v) is 5.49. The minimum atomic E-state index is 0.0995. The summed E-state index contributed by atoms with van der Waals surface area (Å²) in [5, 5.41) is 3.20. The molecule has 2 aliphatic heterocycles. The molecule has 1 atom stereocenters. The first-order chi connectivity index (χ1) is 12.7. The molecule has 0 spiro atoms. The van der Waals surface area contributed by atoms with Crippen LogP contribution in [-0.2, 0) is 0 Å². The molecule has 3 rings (SSSR count). The average molecular weight is 361 g/mol. The molecule has 2 fully saturated rings. The summed E-state index contributed by atoms with van der Waals surface area (Å²) < 4.78 is 11.0. The molecule has 1 aromatic carbocycles. The maximum Gasteiger partial charge on any atom is 0.317 e. The number of hydrogen-bond acceptors (Lipinski definition) is 4. The first-order valence-corrected chi connectivity index (χ1v) is 9.72. The summed E-state index contributed by atoms with van der Waals surface area (Å²) in [7, 11) is 1.66. The monoisotopic (exact) mass is 361 g/mol. The van der Waals surface area contributed by atoms with E-state index >= 15 is 0 Å². The van der Waals surface area contributed by atoms with Gasteiger partial charge < -0.3 is 24.6 Å². The van der Waals surface area contributed by atoms with Crippen LogP contribution in [0.5, 0.6) is 11.5 Å². The van der Waals surface area contributed by atoms with Gasteiger partial charge in [-0.05, 0) is 56.0 Å². The molecule has 0 aliphatic carbocycles. The summed E-state index contributed by atoms with van der Waals surface area (Å²) in [6.45, 7) is 7.63. The Morgan fingerprint density at radius 3 is 2.42 bits per heavy atom. The molecule has 0 bridgehead atoms. The summed E-state index contributed by atoms with van der Waals surface area (Å²) in [4.78, 5) is 16.8. The highest BCUT2D eigenvalue weighted by molar-refractivity contribution is 5.74. The molecule has 26 heavy (non-hydrogen) atoms. The Balaban J connectivity index is 1.36. The maximum atomic E-state index is 12.4. The summed E-state index contributed by atoms with van der Waals surface area (Å²) in [5.74, 6) is 2.21. The second kappa shape index (κ2) is 9.12. The van der Waals surface area contributed by atoms with E-state index in [-0.39, 0.29) is 6.03 Å². The van der Waals surface area contributed by atoms with Gasteiger partial charge in [0, 0.05) is 32.2 Å². The number of piperidine rings is 1. The number of carbonyl (C=O) groups excluding carboxylic acids is 1. The van der Waals surface area contributed by atoms with Crippen LogP contribution in [0.2, 0.25) is 0 Å². The lowest BCUT2D eigenvalue weighted by Gasteiger charge is -2.32. The largest absolute Gasteiger partial charge is 0.497 e. The number of carbonyl (C=O) groups is 1. The molecular formula is C20H31N3O3. The number of nitrogens with zero attached hydrogens (tertiary/aromatic N) is 2. The summed E-state index contributed by atoms with van der Waals surface area (Å²) in [5.41, 5.74) is 0. The van der Waals surface area contributed by atoms with Crippen LogP contribution in [0, 0.1) is 5.92 Å². The van der Waals surface area contributed by atoms with Crippen molar-refractivity contribution >= 4 is 6.03 Å². The number of methoxy groups -OCH3 is 1. The fourth-order valence-corrected chi connectivity index (χ4v) is 3.69. The van der Waals surface area contributed by atoms with Crippen molar-refractivity contribution in [2.24, 2.45) is 5.92 Å². The molecule has 2 saturated heterocycles. The smallest absolute Gasteiger partial charge is 0.317 e. The van der Waals surface area contributed by atoms with E-state index in [2.05, 4.69) is 17.1 Å². The second-order valence-corrected chi connectivity index (χ2v) is 7.25. The Morgan fingerprint density at radius 1 is 1.12 bits per heavy atom. The van der Waals surface area contributed by atoms with Crippen LogP contribution in [0.4, 0.5) is 4.79 Å². The number of amides is 2. The third-order valence-electron chi connectivity index (χ3n) is 5.49. The lowest BCUT2D eigenvalue weighted by atomic mass is 9.98. The van der Waals surface area contributed by atoms with Crippen molar-refractivity contribution in [2.75, 3.05) is 46.4 Å². The summed E-state index contributed by atoms with van der Waals surface area (Å²) in [6, 6.07) is 8.09. The van der Waals surface area contributed by atoms with Crippen molar-refractivity contribution in [1.29, 1.82) is 0 Å². The number of nitrogens with one attached hydrogen (secondary N) is 1. The second-order valence-electron chi connectivity index (χ2n) is 7.25. The van der Waals surface area contributed by atoms with E-state index < -0.39 is 0 Å². The maximum absolute atomic E-state index is 12.4. The fourth-order valence-electron chi connectivity index (χ4n) is 3.69. The predicted molar refractivity (Wildman–Crippen MR) is 102 cm³/mol. The summed E-state index contributed by atoms with van der Waals surface area (Å²) in [6.07, 6.45) is 3.05. The normalized spacial score (nSPS) is 21.6. The first-order valence-electron chi connectivity index (χ1n) is 9.72. The zero-order valence-electron chi connectivity index (χ0n) is 15.9. The molecule has 6 nitrogen and oxygen atoms in total. The van der Waals surface area contributed by atoms with E-state index in [0.717, 1.165) is 63.5 Å². The zero-order valence-corrected chi connectivity index (χ0v) is 15.9. The number of hydrogen-bond donors (Lipinski definition) is 1. The highest BCUT2D eigenvalue weighted by atomic mass is 16.5. The van der Waals surface area contributed by atoms with Gasteiger partial charge in [-0.1, -0.05) is 6.92 Å². The van der Waals surface area contributed by atoms with Crippen molar-refractivity contribution in [2.45, 2.75) is 32.2 Å². The van der Waals surface area contributed by atoms with Crippen molar-refractivity contribution in [1.82, 2.24) is 15.1 Å². The van der Waals surface area contributed by atoms with Gasteiger partial charge in [0.2, 0.25) is 0 Å². The Morgan fingerprint density at radius 2 is 1.81 bits per heavy atom. The van der Waals surface area contributed by atoms with Gasteiger partial charge in [-0.25, -0.2) is 4.79 Å². The lowest BCUT2D eigenvalue weighted by Crippen LogP contribution is -2.49. The topological polar surface area (TPSA) is 54.0 Å². The van der Waals surface area contributed by atoms with Crippen LogP contribution in [0.15, 0.2) is 24.3 Å².